The Morgan fingerprint density at radius 2 is 2.42 bits per heavy atom. The summed E-state index contributed by atoms with van der Waals surface area (Å²) in [6, 6.07) is 4.10. The number of carbonyl (C=O) groups is 1. The molecule has 1 aliphatic heterocycles. The number of nitrogens with zero attached hydrogens (tertiary/aromatic N) is 1. The molecule has 1 saturated heterocycles. The van der Waals surface area contributed by atoms with E-state index in [0.717, 1.165) is 6.07 Å². The van der Waals surface area contributed by atoms with Gasteiger partial charge in [-0.1, -0.05) is 0 Å². The molecule has 1 amide bonds. The fourth-order valence-electron chi connectivity index (χ4n) is 2.00. The Morgan fingerprint density at radius 1 is 1.63 bits per heavy atom. The van der Waals surface area contributed by atoms with Crippen LogP contribution < -0.4 is 4.74 Å². The van der Waals surface area contributed by atoms with Crippen LogP contribution in [0.3, 0.4) is 0 Å². The van der Waals surface area contributed by atoms with Gasteiger partial charge < -0.3 is 19.5 Å². The molecule has 1 N–H and O–H groups in total. The van der Waals surface area contributed by atoms with Crippen molar-refractivity contribution in [1.29, 1.82) is 0 Å². The molecule has 2 rings (SSSR count). The van der Waals surface area contributed by atoms with Gasteiger partial charge in [-0.2, -0.15) is 0 Å². The predicted octanol–water partition coefficient (Wildman–Crippen LogP) is 0.668. The number of morpholine rings is 1. The van der Waals surface area contributed by atoms with Gasteiger partial charge in [-0.15, -0.1) is 0 Å². The standard InChI is InChI=1S/C13H16FNO4/c1-18-12-3-2-9(6-11(12)14)13(17)15-4-5-19-10(7-15)8-16/h2-3,6,10,16H,4-5,7-8H2,1H3. The van der Waals surface area contributed by atoms with Gasteiger partial charge >= 0.3 is 0 Å². The Balaban J connectivity index is 2.12. The fourth-order valence-corrected chi connectivity index (χ4v) is 2.00. The molecule has 0 spiro atoms. The molecule has 104 valence electrons. The third-order valence-electron chi connectivity index (χ3n) is 3.03. The van der Waals surface area contributed by atoms with Crippen LogP contribution in [0.2, 0.25) is 0 Å². The van der Waals surface area contributed by atoms with Gasteiger partial charge in [0.2, 0.25) is 0 Å². The number of aliphatic hydroxyl groups excluding tert-OH is 1. The van der Waals surface area contributed by atoms with Crippen molar-refractivity contribution in [2.75, 3.05) is 33.4 Å². The van der Waals surface area contributed by atoms with Crippen LogP contribution in [0.4, 0.5) is 4.39 Å². The first kappa shape index (κ1) is 13.8. The summed E-state index contributed by atoms with van der Waals surface area (Å²) >= 11 is 0. The number of carbonyl (C=O) groups excluding carboxylic acids is 1. The van der Waals surface area contributed by atoms with Crippen LogP contribution in [-0.2, 0) is 4.74 Å². The number of ether oxygens (including phenoxy) is 2. The minimum atomic E-state index is -0.569. The highest BCUT2D eigenvalue weighted by atomic mass is 19.1. The molecule has 0 bridgehead atoms. The second kappa shape index (κ2) is 5.99. The predicted molar refractivity (Wildman–Crippen MR) is 65.7 cm³/mol. The quantitative estimate of drug-likeness (QED) is 0.876. The molecule has 1 fully saturated rings. The first-order valence-corrected chi connectivity index (χ1v) is 6.01. The Labute approximate surface area is 110 Å². The monoisotopic (exact) mass is 269 g/mol. The third-order valence-corrected chi connectivity index (χ3v) is 3.03. The van der Waals surface area contributed by atoms with E-state index in [2.05, 4.69) is 0 Å². The number of halogens is 1. The third kappa shape index (κ3) is 3.02. The molecule has 1 aliphatic rings. The summed E-state index contributed by atoms with van der Waals surface area (Å²) in [4.78, 5) is 13.7. The molecule has 19 heavy (non-hydrogen) atoms. The maximum atomic E-state index is 13.6. The molecule has 1 unspecified atom stereocenters. The molecule has 0 aliphatic carbocycles. The van der Waals surface area contributed by atoms with Crippen molar-refractivity contribution in [3.05, 3.63) is 29.6 Å². The zero-order valence-corrected chi connectivity index (χ0v) is 10.6. The van der Waals surface area contributed by atoms with Crippen molar-refractivity contribution < 1.29 is 23.8 Å². The van der Waals surface area contributed by atoms with E-state index in [9.17, 15) is 9.18 Å². The molecule has 1 atom stereocenters. The highest BCUT2D eigenvalue weighted by molar-refractivity contribution is 5.94. The van der Waals surface area contributed by atoms with Gasteiger partial charge in [0.1, 0.15) is 0 Å². The second-order valence-corrected chi connectivity index (χ2v) is 4.28. The first-order chi connectivity index (χ1) is 9.15. The van der Waals surface area contributed by atoms with E-state index in [0.29, 0.717) is 19.7 Å². The minimum Gasteiger partial charge on any atom is -0.494 e. The molecule has 0 saturated carbocycles. The smallest absolute Gasteiger partial charge is 0.254 e. The fraction of sp³-hybridized carbons (Fsp3) is 0.462. The molecule has 1 heterocycles. The maximum Gasteiger partial charge on any atom is 0.254 e. The van der Waals surface area contributed by atoms with Crippen LogP contribution in [0.25, 0.3) is 0 Å². The van der Waals surface area contributed by atoms with E-state index in [-0.39, 0.29) is 29.9 Å². The molecule has 0 radical (unpaired) electrons. The van der Waals surface area contributed by atoms with Gasteiger partial charge in [-0.05, 0) is 18.2 Å². The Hall–Kier alpha value is -1.66. The summed E-state index contributed by atoms with van der Waals surface area (Å²) in [5, 5.41) is 9.03. The van der Waals surface area contributed by atoms with Crippen molar-refractivity contribution in [2.24, 2.45) is 0 Å². The van der Waals surface area contributed by atoms with Crippen LogP contribution in [0.1, 0.15) is 10.4 Å². The van der Waals surface area contributed by atoms with Gasteiger partial charge in [0.05, 0.1) is 26.4 Å². The largest absolute Gasteiger partial charge is 0.494 e. The molecule has 6 heteroatoms. The second-order valence-electron chi connectivity index (χ2n) is 4.28. The van der Waals surface area contributed by atoms with Gasteiger partial charge in [0.15, 0.2) is 11.6 Å². The first-order valence-electron chi connectivity index (χ1n) is 6.01. The SMILES string of the molecule is COc1ccc(C(=O)N2CCOC(CO)C2)cc1F. The summed E-state index contributed by atoms with van der Waals surface area (Å²) in [7, 11) is 1.37. The van der Waals surface area contributed by atoms with Crippen molar-refractivity contribution >= 4 is 5.91 Å². The van der Waals surface area contributed by atoms with Gasteiger partial charge in [0.25, 0.3) is 5.91 Å². The van der Waals surface area contributed by atoms with E-state index in [1.807, 2.05) is 0 Å². The number of methoxy groups -OCH3 is 1. The molecular weight excluding hydrogens is 253 g/mol. The van der Waals surface area contributed by atoms with E-state index >= 15 is 0 Å². The van der Waals surface area contributed by atoms with Crippen LogP contribution in [0, 0.1) is 5.82 Å². The van der Waals surface area contributed by atoms with Crippen LogP contribution in [0.15, 0.2) is 18.2 Å². The lowest BCUT2D eigenvalue weighted by atomic mass is 10.1. The van der Waals surface area contributed by atoms with E-state index in [1.54, 1.807) is 4.90 Å². The average Bonchev–Trinajstić information content (AvgIpc) is 2.46. The molecule has 1 aromatic carbocycles. The van der Waals surface area contributed by atoms with Crippen LogP contribution in [0.5, 0.6) is 5.75 Å². The van der Waals surface area contributed by atoms with E-state index in [4.69, 9.17) is 14.6 Å². The van der Waals surface area contributed by atoms with Crippen molar-refractivity contribution in [3.63, 3.8) is 0 Å². The van der Waals surface area contributed by atoms with Crippen molar-refractivity contribution in [2.45, 2.75) is 6.10 Å². The summed E-state index contributed by atoms with van der Waals surface area (Å²) in [5.74, 6) is -0.740. The van der Waals surface area contributed by atoms with Crippen molar-refractivity contribution in [3.8, 4) is 5.75 Å². The number of benzene rings is 1. The highest BCUT2D eigenvalue weighted by Crippen LogP contribution is 2.19. The zero-order valence-electron chi connectivity index (χ0n) is 10.6. The number of hydrogen-bond donors (Lipinski definition) is 1. The van der Waals surface area contributed by atoms with Gasteiger partial charge in [-0.3, -0.25) is 4.79 Å². The Morgan fingerprint density at radius 3 is 3.05 bits per heavy atom. The minimum absolute atomic E-state index is 0.103. The summed E-state index contributed by atoms with van der Waals surface area (Å²) in [6.07, 6.45) is -0.374. The lowest BCUT2D eigenvalue weighted by molar-refractivity contribution is -0.0447. The van der Waals surface area contributed by atoms with Crippen LogP contribution >= 0.6 is 0 Å². The molecule has 5 nitrogen and oxygen atoms in total. The molecule has 0 aromatic heterocycles. The number of rotatable bonds is 3. The van der Waals surface area contributed by atoms with Gasteiger partial charge in [0, 0.05) is 18.7 Å². The number of amides is 1. The lowest BCUT2D eigenvalue weighted by Crippen LogP contribution is -2.46. The van der Waals surface area contributed by atoms with Gasteiger partial charge in [-0.25, -0.2) is 4.39 Å². The summed E-state index contributed by atoms with van der Waals surface area (Å²) < 4.78 is 23.6. The normalized spacial score (nSPS) is 19.3. The molecular formula is C13H16FNO4. The maximum absolute atomic E-state index is 13.6. The van der Waals surface area contributed by atoms with Crippen molar-refractivity contribution in [1.82, 2.24) is 4.90 Å². The Kier molecular flexibility index (Phi) is 4.34. The number of aliphatic hydroxyl groups is 1. The zero-order chi connectivity index (χ0) is 13.8. The van der Waals surface area contributed by atoms with E-state index < -0.39 is 5.82 Å². The number of hydrogen-bond acceptors (Lipinski definition) is 4. The Bertz CT molecular complexity index is 466. The molecule has 1 aromatic rings. The van der Waals surface area contributed by atoms with E-state index in [1.165, 1.54) is 19.2 Å². The average molecular weight is 269 g/mol. The lowest BCUT2D eigenvalue weighted by Gasteiger charge is -2.32. The topological polar surface area (TPSA) is 59.0 Å². The summed E-state index contributed by atoms with van der Waals surface area (Å²) in [5.41, 5.74) is 0.261. The van der Waals surface area contributed by atoms with Crippen LogP contribution in [-0.4, -0.2) is 55.4 Å². The summed E-state index contributed by atoms with van der Waals surface area (Å²) in [6.45, 7) is 0.975. The highest BCUT2D eigenvalue weighted by Gasteiger charge is 2.25.